The molecule has 0 spiro atoms. The van der Waals surface area contributed by atoms with Crippen molar-refractivity contribution in [3.63, 3.8) is 0 Å². The lowest BCUT2D eigenvalue weighted by Crippen LogP contribution is -2.05. The van der Waals surface area contributed by atoms with Crippen LogP contribution in [0.1, 0.15) is 0 Å². The second-order valence-corrected chi connectivity index (χ2v) is 3.13. The number of para-hydroxylation sites is 1. The number of aliphatic hydroxyl groups is 1. The van der Waals surface area contributed by atoms with Gasteiger partial charge < -0.3 is 10.4 Å². The van der Waals surface area contributed by atoms with Crippen molar-refractivity contribution in [3.05, 3.63) is 24.3 Å². The lowest BCUT2D eigenvalue weighted by Gasteiger charge is -2.07. The molecule has 0 fully saturated rings. The Bertz CT molecular complexity index is 280. The number of hydrogen-bond acceptors (Lipinski definition) is 5. The van der Waals surface area contributed by atoms with Crippen LogP contribution in [-0.4, -0.2) is 18.3 Å². The Hall–Kier alpha value is -1.07. The Morgan fingerprint density at radius 2 is 2.23 bits per heavy atom. The Morgan fingerprint density at radius 3 is 2.92 bits per heavy atom. The molecule has 0 radical (unpaired) electrons. The van der Waals surface area contributed by atoms with Crippen LogP contribution in [0.15, 0.2) is 33.7 Å². The summed E-state index contributed by atoms with van der Waals surface area (Å²) in [6.07, 6.45) is 0. The van der Waals surface area contributed by atoms with Crippen molar-refractivity contribution in [1.29, 1.82) is 5.53 Å². The van der Waals surface area contributed by atoms with Gasteiger partial charge in [-0.3, -0.25) is 0 Å². The highest BCUT2D eigenvalue weighted by Gasteiger charge is 1.99. The molecule has 0 unspecified atom stereocenters. The summed E-state index contributed by atoms with van der Waals surface area (Å²) in [5.74, 6) is 0. The number of nitrogens with zero attached hydrogens (tertiary/aromatic N) is 1. The molecule has 4 nitrogen and oxygen atoms in total. The van der Waals surface area contributed by atoms with E-state index in [1.807, 2.05) is 24.3 Å². The van der Waals surface area contributed by atoms with Gasteiger partial charge in [0, 0.05) is 24.2 Å². The maximum Gasteiger partial charge on any atom is 0.0604 e. The van der Waals surface area contributed by atoms with Crippen molar-refractivity contribution in [1.82, 2.24) is 0 Å². The fraction of sp³-hybridized carbons (Fsp3) is 0.250. The quantitative estimate of drug-likeness (QED) is 0.500. The monoisotopic (exact) mass is 197 g/mol. The number of rotatable bonds is 5. The van der Waals surface area contributed by atoms with E-state index < -0.39 is 0 Å². The average Bonchev–Trinajstić information content (AvgIpc) is 2.17. The first-order valence-corrected chi connectivity index (χ1v) is 4.63. The van der Waals surface area contributed by atoms with E-state index in [1.54, 1.807) is 0 Å². The molecule has 0 aliphatic carbocycles. The van der Waals surface area contributed by atoms with Crippen LogP contribution in [0.5, 0.6) is 0 Å². The van der Waals surface area contributed by atoms with Crippen LogP contribution in [0.4, 0.5) is 5.69 Å². The minimum absolute atomic E-state index is 0.0943. The average molecular weight is 197 g/mol. The van der Waals surface area contributed by atoms with Crippen LogP contribution in [0.3, 0.4) is 0 Å². The van der Waals surface area contributed by atoms with Gasteiger partial charge in [0.1, 0.15) is 0 Å². The van der Waals surface area contributed by atoms with E-state index in [0.717, 1.165) is 22.5 Å². The van der Waals surface area contributed by atoms with Gasteiger partial charge in [0.2, 0.25) is 0 Å². The molecule has 0 heterocycles. The topological polar surface area (TPSA) is 68.5 Å². The molecule has 0 amide bonds. The molecular formula is C8H11N3OS. The second-order valence-electron chi connectivity index (χ2n) is 2.33. The first-order valence-electron chi connectivity index (χ1n) is 3.86. The van der Waals surface area contributed by atoms with Crippen LogP contribution in [0.2, 0.25) is 0 Å². The largest absolute Gasteiger partial charge is 0.395 e. The highest BCUT2D eigenvalue weighted by molar-refractivity contribution is 7.98. The van der Waals surface area contributed by atoms with Gasteiger partial charge in [0.05, 0.1) is 11.5 Å². The second kappa shape index (κ2) is 5.55. The van der Waals surface area contributed by atoms with Crippen molar-refractivity contribution < 1.29 is 5.11 Å². The summed E-state index contributed by atoms with van der Waals surface area (Å²) in [5, 5.41) is 11.7. The van der Waals surface area contributed by atoms with Crippen molar-refractivity contribution in [2.45, 2.75) is 4.90 Å². The van der Waals surface area contributed by atoms with Crippen LogP contribution >= 0.6 is 11.9 Å². The van der Waals surface area contributed by atoms with Crippen molar-refractivity contribution >= 4 is 17.6 Å². The lowest BCUT2D eigenvalue weighted by molar-refractivity contribution is 0.311. The zero-order chi connectivity index (χ0) is 9.52. The summed E-state index contributed by atoms with van der Waals surface area (Å²) >= 11 is 1.10. The molecule has 0 atom stereocenters. The molecule has 1 aromatic carbocycles. The number of benzene rings is 1. The fourth-order valence-electron chi connectivity index (χ4n) is 0.932. The minimum Gasteiger partial charge on any atom is -0.395 e. The highest BCUT2D eigenvalue weighted by atomic mass is 32.2. The van der Waals surface area contributed by atoms with Crippen LogP contribution in [0.25, 0.3) is 0 Å². The third kappa shape index (κ3) is 3.04. The van der Waals surface area contributed by atoms with Gasteiger partial charge in [0.25, 0.3) is 0 Å². The molecule has 1 aromatic rings. The lowest BCUT2D eigenvalue weighted by atomic mass is 10.3. The zero-order valence-corrected chi connectivity index (χ0v) is 7.84. The van der Waals surface area contributed by atoms with Gasteiger partial charge in [-0.2, -0.15) is 5.53 Å². The third-order valence-electron chi connectivity index (χ3n) is 1.46. The predicted molar refractivity (Wildman–Crippen MR) is 53.0 cm³/mol. The highest BCUT2D eigenvalue weighted by Crippen LogP contribution is 2.26. The first-order chi connectivity index (χ1) is 6.38. The van der Waals surface area contributed by atoms with E-state index in [-0.39, 0.29) is 6.61 Å². The molecule has 3 N–H and O–H groups in total. The minimum atomic E-state index is 0.0943. The third-order valence-corrected chi connectivity index (χ3v) is 2.10. The summed E-state index contributed by atoms with van der Waals surface area (Å²) in [7, 11) is 0. The van der Waals surface area contributed by atoms with Crippen LogP contribution < -0.4 is 5.32 Å². The molecule has 13 heavy (non-hydrogen) atoms. The maximum atomic E-state index is 8.62. The molecule has 0 saturated heterocycles. The van der Waals surface area contributed by atoms with E-state index in [2.05, 4.69) is 9.84 Å². The maximum absolute atomic E-state index is 8.62. The fourth-order valence-corrected chi connectivity index (χ4v) is 1.41. The normalized spacial score (nSPS) is 9.62. The van der Waals surface area contributed by atoms with Crippen LogP contribution in [-0.2, 0) is 0 Å². The SMILES string of the molecule is N=NSc1ccccc1NCCO. The van der Waals surface area contributed by atoms with Crippen LogP contribution in [0, 0.1) is 5.53 Å². The Labute approximate surface area is 81.0 Å². The summed E-state index contributed by atoms with van der Waals surface area (Å²) in [5.41, 5.74) is 7.63. The first kappa shape index (κ1) is 10.0. The van der Waals surface area contributed by atoms with Crippen molar-refractivity contribution in [2.24, 2.45) is 4.52 Å². The molecule has 70 valence electrons. The predicted octanol–water partition coefficient (Wildman–Crippen LogP) is 2.13. The Kier molecular flexibility index (Phi) is 4.28. The number of anilines is 1. The molecule has 1 rings (SSSR count). The molecule has 0 aliphatic heterocycles. The van der Waals surface area contributed by atoms with Crippen molar-refractivity contribution in [3.8, 4) is 0 Å². The zero-order valence-electron chi connectivity index (χ0n) is 7.03. The van der Waals surface area contributed by atoms with Gasteiger partial charge in [0.15, 0.2) is 0 Å². The number of hydrogen-bond donors (Lipinski definition) is 3. The number of aliphatic hydroxyl groups excluding tert-OH is 1. The summed E-state index contributed by atoms with van der Waals surface area (Å²) in [6.45, 7) is 0.604. The summed E-state index contributed by atoms with van der Waals surface area (Å²) < 4.78 is 3.24. The molecular weight excluding hydrogens is 186 g/mol. The molecule has 0 saturated carbocycles. The van der Waals surface area contributed by atoms with E-state index >= 15 is 0 Å². The summed E-state index contributed by atoms with van der Waals surface area (Å²) in [6, 6.07) is 7.55. The van der Waals surface area contributed by atoms with Gasteiger partial charge >= 0.3 is 0 Å². The number of nitrogens with one attached hydrogen (secondary N) is 2. The van der Waals surface area contributed by atoms with E-state index in [1.165, 1.54) is 0 Å². The van der Waals surface area contributed by atoms with E-state index in [0.29, 0.717) is 6.54 Å². The Balaban J connectivity index is 2.71. The molecule has 0 bridgehead atoms. The van der Waals surface area contributed by atoms with Gasteiger partial charge in [-0.1, -0.05) is 12.1 Å². The van der Waals surface area contributed by atoms with Gasteiger partial charge in [-0.15, -0.1) is 4.52 Å². The summed E-state index contributed by atoms with van der Waals surface area (Å²) in [4.78, 5) is 0.894. The van der Waals surface area contributed by atoms with Gasteiger partial charge in [-0.25, -0.2) is 0 Å². The molecule has 0 aliphatic rings. The van der Waals surface area contributed by atoms with Crippen molar-refractivity contribution in [2.75, 3.05) is 18.5 Å². The van der Waals surface area contributed by atoms with E-state index in [9.17, 15) is 0 Å². The molecule has 5 heteroatoms. The molecule has 0 aromatic heterocycles. The standard InChI is InChI=1S/C8H11N3OS/c9-11-13-8-4-2-1-3-7(8)10-5-6-12/h1-4,9-10,12H,5-6H2. The Morgan fingerprint density at radius 1 is 1.46 bits per heavy atom. The van der Waals surface area contributed by atoms with E-state index in [4.69, 9.17) is 10.6 Å². The smallest absolute Gasteiger partial charge is 0.0604 e. The van der Waals surface area contributed by atoms with Gasteiger partial charge in [-0.05, 0) is 12.1 Å².